The Hall–Kier alpha value is -2.59. The molecule has 1 aliphatic carbocycles. The molecule has 0 radical (unpaired) electrons. The van der Waals surface area contributed by atoms with Crippen LogP contribution < -0.4 is 5.14 Å². The Balaban J connectivity index is 2.01. The summed E-state index contributed by atoms with van der Waals surface area (Å²) in [6, 6.07) is 6.62. The van der Waals surface area contributed by atoms with E-state index < -0.39 is 27.7 Å². The number of pyridine rings is 1. The first-order valence-corrected chi connectivity index (χ1v) is 8.92. The standard InChI is InChI=1S/C17H11F5N2O2S/c18-16(19)7-13(10-1-4-12(5-2-10)27(23,25)26)14(8-16)15-6-3-11(9-24-15)17(20,21)22/h1-9H,(H2,23,25,26). The van der Waals surface area contributed by atoms with Crippen LogP contribution >= 0.6 is 0 Å². The molecular weight excluding hydrogens is 391 g/mol. The van der Waals surface area contributed by atoms with Gasteiger partial charge in [-0.2, -0.15) is 22.0 Å². The van der Waals surface area contributed by atoms with Crippen molar-refractivity contribution < 1.29 is 30.4 Å². The maximum atomic E-state index is 13.9. The predicted molar refractivity (Wildman–Crippen MR) is 88.0 cm³/mol. The van der Waals surface area contributed by atoms with Gasteiger partial charge in [0, 0.05) is 11.8 Å². The highest BCUT2D eigenvalue weighted by Gasteiger charge is 2.35. The molecule has 2 N–H and O–H groups in total. The Labute approximate surface area is 150 Å². The van der Waals surface area contributed by atoms with Crippen molar-refractivity contribution in [3.8, 4) is 0 Å². The number of sulfonamides is 1. The van der Waals surface area contributed by atoms with Crippen LogP contribution in [0.25, 0.3) is 11.1 Å². The lowest BCUT2D eigenvalue weighted by molar-refractivity contribution is -0.137. The van der Waals surface area contributed by atoms with Crippen LogP contribution in [-0.4, -0.2) is 19.3 Å². The Morgan fingerprint density at radius 2 is 1.52 bits per heavy atom. The van der Waals surface area contributed by atoms with E-state index in [1.54, 1.807) is 0 Å². The van der Waals surface area contributed by atoms with Gasteiger partial charge < -0.3 is 0 Å². The molecule has 1 heterocycles. The highest BCUT2D eigenvalue weighted by atomic mass is 32.2. The largest absolute Gasteiger partial charge is 0.417 e. The normalized spacial score (nSPS) is 16.8. The number of allylic oxidation sites excluding steroid dienone is 4. The molecular formula is C17H11F5N2O2S. The summed E-state index contributed by atoms with van der Waals surface area (Å²) < 4.78 is 88.3. The second kappa shape index (κ2) is 6.24. The second-order valence-electron chi connectivity index (χ2n) is 5.79. The minimum absolute atomic E-state index is 0.0215. The van der Waals surface area contributed by atoms with Crippen molar-refractivity contribution in [1.29, 1.82) is 0 Å². The van der Waals surface area contributed by atoms with Gasteiger partial charge in [0.25, 0.3) is 5.92 Å². The molecule has 0 fully saturated rings. The summed E-state index contributed by atoms with van der Waals surface area (Å²) in [6.07, 6.45) is -2.81. The molecule has 1 aliphatic rings. The quantitative estimate of drug-likeness (QED) is 0.793. The van der Waals surface area contributed by atoms with Gasteiger partial charge in [-0.05, 0) is 47.6 Å². The number of halogens is 5. The van der Waals surface area contributed by atoms with Crippen molar-refractivity contribution in [3.05, 3.63) is 71.6 Å². The van der Waals surface area contributed by atoms with Crippen LogP contribution in [-0.2, 0) is 16.2 Å². The highest BCUT2D eigenvalue weighted by molar-refractivity contribution is 7.89. The number of hydrogen-bond acceptors (Lipinski definition) is 3. The highest BCUT2D eigenvalue weighted by Crippen LogP contribution is 2.42. The second-order valence-corrected chi connectivity index (χ2v) is 7.35. The third-order valence-electron chi connectivity index (χ3n) is 3.82. The fourth-order valence-corrected chi connectivity index (χ4v) is 3.09. The topological polar surface area (TPSA) is 73.1 Å². The van der Waals surface area contributed by atoms with E-state index in [4.69, 9.17) is 5.14 Å². The summed E-state index contributed by atoms with van der Waals surface area (Å²) in [5.41, 5.74) is -0.862. The fraction of sp³-hybridized carbons (Fsp3) is 0.118. The lowest BCUT2D eigenvalue weighted by Crippen LogP contribution is -2.11. The van der Waals surface area contributed by atoms with E-state index in [0.29, 0.717) is 18.3 Å². The maximum Gasteiger partial charge on any atom is 0.417 e. The van der Waals surface area contributed by atoms with Crippen LogP contribution in [0.5, 0.6) is 0 Å². The van der Waals surface area contributed by atoms with Crippen LogP contribution in [0.15, 0.2) is 59.6 Å². The molecule has 0 amide bonds. The van der Waals surface area contributed by atoms with Crippen molar-refractivity contribution >= 4 is 21.2 Å². The number of nitrogens with zero attached hydrogens (tertiary/aromatic N) is 1. The summed E-state index contributed by atoms with van der Waals surface area (Å²) in [6.45, 7) is 0. The fourth-order valence-electron chi connectivity index (χ4n) is 2.58. The van der Waals surface area contributed by atoms with Gasteiger partial charge in [-0.25, -0.2) is 13.6 Å². The molecule has 2 aromatic rings. The number of hydrogen-bond donors (Lipinski definition) is 1. The van der Waals surface area contributed by atoms with Gasteiger partial charge in [-0.3, -0.25) is 4.98 Å². The van der Waals surface area contributed by atoms with Gasteiger partial charge in [0.1, 0.15) is 0 Å². The summed E-state index contributed by atoms with van der Waals surface area (Å²) in [5.74, 6) is -3.33. The lowest BCUT2D eigenvalue weighted by Gasteiger charge is -2.11. The first kappa shape index (κ1) is 19.2. The zero-order chi connectivity index (χ0) is 20.0. The number of benzene rings is 1. The molecule has 0 aliphatic heterocycles. The van der Waals surface area contributed by atoms with Crippen molar-refractivity contribution in [3.63, 3.8) is 0 Å². The zero-order valence-corrected chi connectivity index (χ0v) is 14.2. The van der Waals surface area contributed by atoms with Crippen molar-refractivity contribution in [2.75, 3.05) is 0 Å². The van der Waals surface area contributed by atoms with Crippen molar-refractivity contribution in [2.24, 2.45) is 5.14 Å². The molecule has 0 saturated heterocycles. The molecule has 3 rings (SSSR count). The first-order valence-electron chi connectivity index (χ1n) is 7.38. The minimum atomic E-state index is -4.60. The average molecular weight is 402 g/mol. The summed E-state index contributed by atoms with van der Waals surface area (Å²) in [7, 11) is -3.95. The number of aromatic nitrogens is 1. The van der Waals surface area contributed by atoms with Gasteiger partial charge in [0.2, 0.25) is 10.0 Å². The summed E-state index contributed by atoms with van der Waals surface area (Å²) in [4.78, 5) is 3.45. The van der Waals surface area contributed by atoms with E-state index in [1.165, 1.54) is 12.1 Å². The van der Waals surface area contributed by atoms with Crippen LogP contribution in [0, 0.1) is 0 Å². The molecule has 0 unspecified atom stereocenters. The molecule has 0 atom stereocenters. The zero-order valence-electron chi connectivity index (χ0n) is 13.3. The molecule has 27 heavy (non-hydrogen) atoms. The van der Waals surface area contributed by atoms with Gasteiger partial charge in [0.15, 0.2) is 0 Å². The predicted octanol–water partition coefficient (Wildman–Crippen LogP) is 3.86. The molecule has 0 saturated carbocycles. The Kier molecular flexibility index (Phi) is 4.43. The maximum absolute atomic E-state index is 13.9. The Morgan fingerprint density at radius 3 is 2.00 bits per heavy atom. The first-order chi connectivity index (χ1) is 12.4. The number of nitrogens with two attached hydrogens (primary N) is 1. The van der Waals surface area contributed by atoms with Crippen LogP contribution in [0.2, 0.25) is 0 Å². The SMILES string of the molecule is NS(=O)(=O)c1ccc(C2=CC(F)(F)C=C2c2ccc(C(F)(F)F)cn2)cc1. The van der Waals surface area contributed by atoms with Crippen molar-refractivity contribution in [1.82, 2.24) is 4.98 Å². The van der Waals surface area contributed by atoms with Crippen LogP contribution in [0.3, 0.4) is 0 Å². The molecule has 10 heteroatoms. The molecule has 142 valence electrons. The number of rotatable bonds is 3. The van der Waals surface area contributed by atoms with Crippen molar-refractivity contribution in [2.45, 2.75) is 17.0 Å². The third kappa shape index (κ3) is 4.06. The molecule has 0 bridgehead atoms. The average Bonchev–Trinajstić information content (AvgIpc) is 2.89. The van der Waals surface area contributed by atoms with Gasteiger partial charge in [0.05, 0.1) is 16.2 Å². The minimum Gasteiger partial charge on any atom is -0.256 e. The van der Waals surface area contributed by atoms with Gasteiger partial charge >= 0.3 is 6.18 Å². The van der Waals surface area contributed by atoms with E-state index >= 15 is 0 Å². The van der Waals surface area contributed by atoms with E-state index in [-0.39, 0.29) is 27.3 Å². The number of alkyl halides is 5. The van der Waals surface area contributed by atoms with E-state index in [0.717, 1.165) is 24.3 Å². The summed E-state index contributed by atoms with van der Waals surface area (Å²) >= 11 is 0. The smallest absolute Gasteiger partial charge is 0.256 e. The molecule has 1 aromatic carbocycles. The lowest BCUT2D eigenvalue weighted by atomic mass is 9.98. The Bertz CT molecular complexity index is 1040. The third-order valence-corrected chi connectivity index (χ3v) is 4.75. The molecule has 0 spiro atoms. The molecule has 4 nitrogen and oxygen atoms in total. The Morgan fingerprint density at radius 1 is 0.926 bits per heavy atom. The van der Waals surface area contributed by atoms with E-state index in [9.17, 15) is 30.4 Å². The van der Waals surface area contributed by atoms with Gasteiger partial charge in [-0.15, -0.1) is 0 Å². The van der Waals surface area contributed by atoms with Crippen LogP contribution in [0.4, 0.5) is 22.0 Å². The van der Waals surface area contributed by atoms with Gasteiger partial charge in [-0.1, -0.05) is 12.1 Å². The summed E-state index contributed by atoms with van der Waals surface area (Å²) in [5, 5.41) is 5.00. The van der Waals surface area contributed by atoms with E-state index in [2.05, 4.69) is 4.98 Å². The van der Waals surface area contributed by atoms with Crippen LogP contribution in [0.1, 0.15) is 16.8 Å². The number of primary sulfonamides is 1. The van der Waals surface area contributed by atoms with E-state index in [1.807, 2.05) is 0 Å². The molecule has 1 aromatic heterocycles. The monoisotopic (exact) mass is 402 g/mol.